The average Bonchev–Trinajstić information content (AvgIpc) is 2.88. The highest BCUT2D eigenvalue weighted by atomic mass is 16.4. The largest absolute Gasteiger partial charge is 0.481 e. The summed E-state index contributed by atoms with van der Waals surface area (Å²) in [6.07, 6.45) is 4.44. The molecule has 1 aliphatic rings. The van der Waals surface area contributed by atoms with E-state index in [2.05, 4.69) is 18.7 Å². The summed E-state index contributed by atoms with van der Waals surface area (Å²) in [5, 5.41) is 9.42. The van der Waals surface area contributed by atoms with Gasteiger partial charge in [-0.15, -0.1) is 0 Å². The van der Waals surface area contributed by atoms with Crippen molar-refractivity contribution in [2.75, 3.05) is 6.54 Å². The first-order valence-electron chi connectivity index (χ1n) is 7.11. The van der Waals surface area contributed by atoms with Crippen molar-refractivity contribution in [3.8, 4) is 0 Å². The number of furan rings is 1. The topological polar surface area (TPSA) is 53.7 Å². The predicted molar refractivity (Wildman–Crippen MR) is 72.7 cm³/mol. The fraction of sp³-hybridized carbons (Fsp3) is 0.667. The Hall–Kier alpha value is -1.29. The molecule has 0 amide bonds. The fourth-order valence-electron chi connectivity index (χ4n) is 3.11. The van der Waals surface area contributed by atoms with Gasteiger partial charge < -0.3 is 9.52 Å². The van der Waals surface area contributed by atoms with E-state index in [0.717, 1.165) is 31.6 Å². The molecule has 1 aromatic heterocycles. The zero-order chi connectivity index (χ0) is 13.8. The fourth-order valence-corrected chi connectivity index (χ4v) is 3.11. The lowest BCUT2D eigenvalue weighted by Crippen LogP contribution is -2.46. The number of carboxylic acid groups (broad SMARTS) is 1. The zero-order valence-electron chi connectivity index (χ0n) is 11.7. The van der Waals surface area contributed by atoms with Crippen LogP contribution in [0.25, 0.3) is 0 Å². The van der Waals surface area contributed by atoms with Gasteiger partial charge in [-0.2, -0.15) is 0 Å². The van der Waals surface area contributed by atoms with Gasteiger partial charge in [0.05, 0.1) is 18.7 Å². The Morgan fingerprint density at radius 3 is 2.89 bits per heavy atom. The third-order valence-electron chi connectivity index (χ3n) is 4.21. The lowest BCUT2D eigenvalue weighted by molar-refractivity contribution is -0.146. The molecule has 0 aromatic carbocycles. The van der Waals surface area contributed by atoms with E-state index in [1.165, 1.54) is 0 Å². The molecule has 0 saturated heterocycles. The molecule has 1 saturated carbocycles. The Kier molecular flexibility index (Phi) is 4.64. The summed E-state index contributed by atoms with van der Waals surface area (Å²) in [5.74, 6) is 0.608. The van der Waals surface area contributed by atoms with Gasteiger partial charge in [0.25, 0.3) is 0 Å². The van der Waals surface area contributed by atoms with Crippen LogP contribution in [0.2, 0.25) is 0 Å². The summed E-state index contributed by atoms with van der Waals surface area (Å²) in [6, 6.07) is 3.95. The Morgan fingerprint density at radius 2 is 2.32 bits per heavy atom. The van der Waals surface area contributed by atoms with Gasteiger partial charge in [-0.3, -0.25) is 9.69 Å². The number of hydrogen-bond acceptors (Lipinski definition) is 3. The summed E-state index contributed by atoms with van der Waals surface area (Å²) in [6.45, 7) is 5.85. The third kappa shape index (κ3) is 3.38. The van der Waals surface area contributed by atoms with Crippen LogP contribution in [0.4, 0.5) is 0 Å². The normalized spacial score (nSPS) is 27.6. The van der Waals surface area contributed by atoms with Crippen LogP contribution >= 0.6 is 0 Å². The quantitative estimate of drug-likeness (QED) is 0.889. The molecule has 1 heterocycles. The van der Waals surface area contributed by atoms with Crippen LogP contribution in [0.1, 0.15) is 38.9 Å². The van der Waals surface area contributed by atoms with Gasteiger partial charge in [-0.25, -0.2) is 0 Å². The zero-order valence-corrected chi connectivity index (χ0v) is 11.7. The first-order chi connectivity index (χ1) is 9.11. The van der Waals surface area contributed by atoms with E-state index >= 15 is 0 Å². The number of hydrogen-bond donors (Lipinski definition) is 1. The van der Waals surface area contributed by atoms with Crippen LogP contribution in [0.5, 0.6) is 0 Å². The van der Waals surface area contributed by atoms with E-state index in [0.29, 0.717) is 12.5 Å². The second-order valence-electron chi connectivity index (χ2n) is 5.57. The number of aliphatic carboxylic acids is 1. The van der Waals surface area contributed by atoms with Crippen molar-refractivity contribution in [1.82, 2.24) is 4.90 Å². The molecule has 3 unspecified atom stereocenters. The minimum absolute atomic E-state index is 0.122. The molecule has 4 heteroatoms. The lowest BCUT2D eigenvalue weighted by Gasteiger charge is -2.39. The van der Waals surface area contributed by atoms with Gasteiger partial charge in [-0.1, -0.05) is 13.8 Å². The maximum atomic E-state index is 11.4. The smallest absolute Gasteiger partial charge is 0.308 e. The first kappa shape index (κ1) is 14.1. The Labute approximate surface area is 114 Å². The Morgan fingerprint density at radius 1 is 1.53 bits per heavy atom. The molecule has 1 aromatic rings. The first-order valence-corrected chi connectivity index (χ1v) is 7.11. The molecular formula is C15H23NO3. The third-order valence-corrected chi connectivity index (χ3v) is 4.21. The molecule has 0 spiro atoms. The van der Waals surface area contributed by atoms with Gasteiger partial charge in [0.15, 0.2) is 0 Å². The summed E-state index contributed by atoms with van der Waals surface area (Å²) >= 11 is 0. The van der Waals surface area contributed by atoms with E-state index in [1.807, 2.05) is 12.1 Å². The van der Waals surface area contributed by atoms with Gasteiger partial charge in [0, 0.05) is 6.04 Å². The molecular weight excluding hydrogens is 242 g/mol. The number of rotatable bonds is 5. The van der Waals surface area contributed by atoms with E-state index in [4.69, 9.17) is 4.42 Å². The monoisotopic (exact) mass is 265 g/mol. The van der Waals surface area contributed by atoms with Crippen LogP contribution in [0.15, 0.2) is 22.8 Å². The van der Waals surface area contributed by atoms with Crippen molar-refractivity contribution in [3.05, 3.63) is 24.2 Å². The number of carbonyl (C=O) groups is 1. The van der Waals surface area contributed by atoms with Gasteiger partial charge in [0.2, 0.25) is 0 Å². The highest BCUT2D eigenvalue weighted by molar-refractivity contribution is 5.71. The lowest BCUT2D eigenvalue weighted by atomic mass is 9.78. The highest BCUT2D eigenvalue weighted by Crippen LogP contribution is 2.33. The molecule has 2 rings (SSSR count). The van der Waals surface area contributed by atoms with Crippen LogP contribution in [-0.2, 0) is 11.3 Å². The van der Waals surface area contributed by atoms with Crippen LogP contribution in [0.3, 0.4) is 0 Å². The molecule has 0 aliphatic heterocycles. The van der Waals surface area contributed by atoms with Gasteiger partial charge >= 0.3 is 5.97 Å². The molecule has 3 atom stereocenters. The van der Waals surface area contributed by atoms with Gasteiger partial charge in [-0.05, 0) is 43.9 Å². The molecule has 19 heavy (non-hydrogen) atoms. The second-order valence-corrected chi connectivity index (χ2v) is 5.57. The van der Waals surface area contributed by atoms with Gasteiger partial charge in [0.1, 0.15) is 5.76 Å². The number of nitrogens with zero attached hydrogens (tertiary/aromatic N) is 1. The summed E-state index contributed by atoms with van der Waals surface area (Å²) in [4.78, 5) is 13.7. The SMILES string of the molecule is CCN(Cc1ccco1)C1CC(C)CCC1C(=O)O. The van der Waals surface area contributed by atoms with E-state index < -0.39 is 5.97 Å². The van der Waals surface area contributed by atoms with Crippen LogP contribution < -0.4 is 0 Å². The van der Waals surface area contributed by atoms with E-state index in [-0.39, 0.29) is 12.0 Å². The molecule has 1 aliphatic carbocycles. The van der Waals surface area contributed by atoms with Crippen molar-refractivity contribution in [2.45, 2.75) is 45.7 Å². The second kappa shape index (κ2) is 6.24. The summed E-state index contributed by atoms with van der Waals surface area (Å²) in [7, 11) is 0. The van der Waals surface area contributed by atoms with Crippen molar-refractivity contribution < 1.29 is 14.3 Å². The molecule has 106 valence electrons. The minimum atomic E-state index is -0.658. The standard InChI is InChI=1S/C15H23NO3/c1-3-16(10-12-5-4-8-19-12)14-9-11(2)6-7-13(14)15(17)18/h4-5,8,11,13-14H,3,6-7,9-10H2,1-2H3,(H,17,18). The average molecular weight is 265 g/mol. The Bertz CT molecular complexity index is 402. The molecule has 0 radical (unpaired) electrons. The van der Waals surface area contributed by atoms with Crippen molar-refractivity contribution >= 4 is 5.97 Å². The summed E-state index contributed by atoms with van der Waals surface area (Å²) < 4.78 is 5.39. The highest BCUT2D eigenvalue weighted by Gasteiger charge is 2.36. The molecule has 4 nitrogen and oxygen atoms in total. The Balaban J connectivity index is 2.11. The maximum absolute atomic E-state index is 11.4. The van der Waals surface area contributed by atoms with E-state index in [9.17, 15) is 9.90 Å². The molecule has 1 fully saturated rings. The van der Waals surface area contributed by atoms with Crippen molar-refractivity contribution in [1.29, 1.82) is 0 Å². The predicted octanol–water partition coefficient (Wildman–Crippen LogP) is 2.99. The maximum Gasteiger partial charge on any atom is 0.308 e. The van der Waals surface area contributed by atoms with E-state index in [1.54, 1.807) is 6.26 Å². The van der Waals surface area contributed by atoms with Crippen molar-refractivity contribution in [2.24, 2.45) is 11.8 Å². The molecule has 1 N–H and O–H groups in total. The molecule has 0 bridgehead atoms. The van der Waals surface area contributed by atoms with Crippen molar-refractivity contribution in [3.63, 3.8) is 0 Å². The number of carboxylic acids is 1. The van der Waals surface area contributed by atoms with Crippen LogP contribution in [-0.4, -0.2) is 28.6 Å². The van der Waals surface area contributed by atoms with Crippen LogP contribution in [0, 0.1) is 11.8 Å². The summed E-state index contributed by atoms with van der Waals surface area (Å²) in [5.41, 5.74) is 0. The minimum Gasteiger partial charge on any atom is -0.481 e.